The number of halogens is 1. The fourth-order valence-electron chi connectivity index (χ4n) is 1.68. The summed E-state index contributed by atoms with van der Waals surface area (Å²) in [4.78, 5) is 13.6. The largest absolute Gasteiger partial charge is 0.343 e. The maximum absolute atomic E-state index is 11.6. The Balaban J connectivity index is 2.23. The van der Waals surface area contributed by atoms with Gasteiger partial charge in [0.1, 0.15) is 0 Å². The molecule has 0 aromatic carbocycles. The molecule has 0 radical (unpaired) electrons. The Morgan fingerprint density at radius 2 is 2.14 bits per heavy atom. The van der Waals surface area contributed by atoms with Gasteiger partial charge in [0, 0.05) is 31.1 Å². The van der Waals surface area contributed by atoms with Gasteiger partial charge in [0.25, 0.3) is 0 Å². The van der Waals surface area contributed by atoms with E-state index in [-0.39, 0.29) is 0 Å². The Labute approximate surface area is 95.4 Å². The molecular weight excluding hydrogens is 218 g/mol. The van der Waals surface area contributed by atoms with E-state index in [1.165, 1.54) is 0 Å². The number of likely N-dealkylation sites (tertiary alicyclic amines) is 1. The van der Waals surface area contributed by atoms with E-state index in [1.54, 1.807) is 11.8 Å². The molecule has 14 heavy (non-hydrogen) atoms. The lowest BCUT2D eigenvalue weighted by molar-refractivity contribution is -0.132. The first kappa shape index (κ1) is 12.2. The van der Waals surface area contributed by atoms with Gasteiger partial charge in [0.2, 0.25) is 5.91 Å². The highest BCUT2D eigenvalue weighted by Gasteiger charge is 2.21. The minimum absolute atomic E-state index is 0.312. The van der Waals surface area contributed by atoms with Crippen LogP contribution >= 0.6 is 23.4 Å². The smallest absolute Gasteiger partial charge is 0.223 e. The van der Waals surface area contributed by atoms with Crippen molar-refractivity contribution in [3.8, 4) is 0 Å². The van der Waals surface area contributed by atoms with E-state index in [0.717, 1.165) is 37.6 Å². The molecule has 2 nitrogen and oxygen atoms in total. The number of alkyl halides is 1. The molecule has 0 aliphatic carbocycles. The first-order valence-electron chi connectivity index (χ1n) is 5.10. The summed E-state index contributed by atoms with van der Waals surface area (Å²) in [5.74, 6) is 2.62. The molecule has 1 fully saturated rings. The van der Waals surface area contributed by atoms with Crippen LogP contribution in [-0.4, -0.2) is 41.8 Å². The SMILES string of the molecule is CSCCC(=O)N1CCC(CCl)CC1. The van der Waals surface area contributed by atoms with Gasteiger partial charge < -0.3 is 4.90 Å². The highest BCUT2D eigenvalue weighted by Crippen LogP contribution is 2.18. The second kappa shape index (κ2) is 6.57. The molecule has 0 saturated carbocycles. The van der Waals surface area contributed by atoms with E-state index >= 15 is 0 Å². The maximum atomic E-state index is 11.6. The number of hydrogen-bond acceptors (Lipinski definition) is 2. The van der Waals surface area contributed by atoms with Gasteiger partial charge in [0.15, 0.2) is 0 Å². The van der Waals surface area contributed by atoms with Crippen molar-refractivity contribution < 1.29 is 4.79 Å². The molecule has 0 spiro atoms. The molecule has 0 atom stereocenters. The maximum Gasteiger partial charge on any atom is 0.223 e. The van der Waals surface area contributed by atoms with Gasteiger partial charge in [-0.05, 0) is 25.0 Å². The Hall–Kier alpha value is 0.110. The minimum atomic E-state index is 0.312. The second-order valence-electron chi connectivity index (χ2n) is 3.72. The number of nitrogens with zero attached hydrogens (tertiary/aromatic N) is 1. The normalized spacial score (nSPS) is 18.6. The van der Waals surface area contributed by atoms with Crippen LogP contribution in [0.3, 0.4) is 0 Å². The molecule has 1 aliphatic rings. The Morgan fingerprint density at radius 1 is 1.50 bits per heavy atom. The van der Waals surface area contributed by atoms with Crippen LogP contribution in [-0.2, 0) is 4.79 Å². The van der Waals surface area contributed by atoms with Gasteiger partial charge in [-0.3, -0.25) is 4.79 Å². The van der Waals surface area contributed by atoms with Gasteiger partial charge in [-0.25, -0.2) is 0 Å². The second-order valence-corrected chi connectivity index (χ2v) is 5.02. The molecule has 1 saturated heterocycles. The molecule has 0 aromatic heterocycles. The van der Waals surface area contributed by atoms with Gasteiger partial charge in [-0.2, -0.15) is 11.8 Å². The van der Waals surface area contributed by atoms with Crippen molar-refractivity contribution in [3.63, 3.8) is 0 Å². The van der Waals surface area contributed by atoms with Crippen LogP contribution in [0.4, 0.5) is 0 Å². The van der Waals surface area contributed by atoms with Crippen LogP contribution in [0, 0.1) is 5.92 Å². The fourth-order valence-corrected chi connectivity index (χ4v) is 2.37. The molecule has 1 aliphatic heterocycles. The molecule has 4 heteroatoms. The lowest BCUT2D eigenvalue weighted by atomic mass is 9.99. The number of amides is 1. The van der Waals surface area contributed by atoms with Gasteiger partial charge in [-0.1, -0.05) is 0 Å². The summed E-state index contributed by atoms with van der Waals surface area (Å²) in [6.07, 6.45) is 4.88. The number of carbonyl (C=O) groups excluding carboxylic acids is 1. The summed E-state index contributed by atoms with van der Waals surface area (Å²) in [5.41, 5.74) is 0. The molecule has 0 N–H and O–H groups in total. The molecule has 1 rings (SSSR count). The average Bonchev–Trinajstić information content (AvgIpc) is 2.26. The summed E-state index contributed by atoms with van der Waals surface area (Å²) >= 11 is 7.51. The molecule has 1 amide bonds. The van der Waals surface area contributed by atoms with Gasteiger partial charge in [0.05, 0.1) is 0 Å². The summed E-state index contributed by atoms with van der Waals surface area (Å²) in [7, 11) is 0. The van der Waals surface area contributed by atoms with Crippen LogP contribution < -0.4 is 0 Å². The molecule has 0 aromatic rings. The summed E-state index contributed by atoms with van der Waals surface area (Å²) in [6.45, 7) is 1.81. The van der Waals surface area contributed by atoms with Gasteiger partial charge in [-0.15, -0.1) is 11.6 Å². The van der Waals surface area contributed by atoms with Crippen LogP contribution in [0.15, 0.2) is 0 Å². The van der Waals surface area contributed by atoms with E-state index in [0.29, 0.717) is 18.2 Å². The average molecular weight is 236 g/mol. The summed E-state index contributed by atoms with van der Waals surface area (Å²) in [6, 6.07) is 0. The number of rotatable bonds is 4. The van der Waals surface area contributed by atoms with Crippen LogP contribution in [0.5, 0.6) is 0 Å². The van der Waals surface area contributed by atoms with Crippen molar-refractivity contribution >= 4 is 29.3 Å². The third-order valence-corrected chi connectivity index (χ3v) is 3.75. The quantitative estimate of drug-likeness (QED) is 0.697. The molecule has 82 valence electrons. The first-order valence-corrected chi connectivity index (χ1v) is 7.03. The van der Waals surface area contributed by atoms with E-state index in [9.17, 15) is 4.79 Å². The van der Waals surface area contributed by atoms with E-state index in [1.807, 2.05) is 11.2 Å². The van der Waals surface area contributed by atoms with Crippen LogP contribution in [0.2, 0.25) is 0 Å². The van der Waals surface area contributed by atoms with Crippen molar-refractivity contribution in [3.05, 3.63) is 0 Å². The molecule has 0 unspecified atom stereocenters. The Morgan fingerprint density at radius 3 is 2.64 bits per heavy atom. The van der Waals surface area contributed by atoms with E-state index in [2.05, 4.69) is 0 Å². The standard InChI is InChI=1S/C10H18ClNOS/c1-14-7-4-10(13)12-5-2-9(8-11)3-6-12/h9H,2-8H2,1H3. The van der Waals surface area contributed by atoms with E-state index in [4.69, 9.17) is 11.6 Å². The fraction of sp³-hybridized carbons (Fsp3) is 0.900. The van der Waals surface area contributed by atoms with Crippen molar-refractivity contribution in [2.24, 2.45) is 5.92 Å². The highest BCUT2D eigenvalue weighted by molar-refractivity contribution is 7.98. The van der Waals surface area contributed by atoms with Crippen molar-refractivity contribution in [2.45, 2.75) is 19.3 Å². The Bertz CT molecular complexity index is 181. The number of hydrogen-bond donors (Lipinski definition) is 0. The summed E-state index contributed by atoms with van der Waals surface area (Å²) in [5, 5.41) is 0. The lowest BCUT2D eigenvalue weighted by Crippen LogP contribution is -2.38. The number of carbonyl (C=O) groups is 1. The predicted molar refractivity (Wildman–Crippen MR) is 63.0 cm³/mol. The minimum Gasteiger partial charge on any atom is -0.343 e. The van der Waals surface area contributed by atoms with Crippen LogP contribution in [0.25, 0.3) is 0 Å². The zero-order valence-electron chi connectivity index (χ0n) is 8.67. The van der Waals surface area contributed by atoms with Crippen molar-refractivity contribution in [1.82, 2.24) is 4.90 Å². The highest BCUT2D eigenvalue weighted by atomic mass is 35.5. The Kier molecular flexibility index (Phi) is 5.71. The lowest BCUT2D eigenvalue weighted by Gasteiger charge is -2.31. The zero-order valence-corrected chi connectivity index (χ0v) is 10.2. The van der Waals surface area contributed by atoms with E-state index < -0.39 is 0 Å². The van der Waals surface area contributed by atoms with Crippen LogP contribution in [0.1, 0.15) is 19.3 Å². The monoisotopic (exact) mass is 235 g/mol. The predicted octanol–water partition coefficient (Wildman–Crippen LogP) is 2.22. The van der Waals surface area contributed by atoms with Crippen molar-refractivity contribution in [2.75, 3.05) is 31.0 Å². The van der Waals surface area contributed by atoms with Gasteiger partial charge >= 0.3 is 0 Å². The first-order chi connectivity index (χ1) is 6.77. The topological polar surface area (TPSA) is 20.3 Å². The zero-order chi connectivity index (χ0) is 10.4. The summed E-state index contributed by atoms with van der Waals surface area (Å²) < 4.78 is 0. The van der Waals surface area contributed by atoms with Crippen molar-refractivity contribution in [1.29, 1.82) is 0 Å². The number of thioether (sulfide) groups is 1. The molecule has 0 bridgehead atoms. The molecular formula is C10H18ClNOS. The third-order valence-electron chi connectivity index (χ3n) is 2.71. The number of piperidine rings is 1. The molecule has 1 heterocycles. The third kappa shape index (κ3) is 3.70.